The summed E-state index contributed by atoms with van der Waals surface area (Å²) in [4.78, 5) is 8.01. The number of hydrogen-bond donors (Lipinski definition) is 3. The molecule has 0 radical (unpaired) electrons. The van der Waals surface area contributed by atoms with Crippen molar-refractivity contribution in [3.63, 3.8) is 0 Å². The normalized spacial score (nSPS) is 13.6. The van der Waals surface area contributed by atoms with Gasteiger partial charge in [-0.1, -0.05) is 6.07 Å². The maximum absolute atomic E-state index is 12.8. The molecule has 6 N–H and O–H groups in total. The quantitative estimate of drug-likeness (QED) is 0.333. The first-order valence-electron chi connectivity index (χ1n) is 10.6. The van der Waals surface area contributed by atoms with Gasteiger partial charge in [-0.25, -0.2) is 4.98 Å². The number of nitrogens with two attached hydrogens (primary N) is 3. The molecule has 1 aliphatic carbocycles. The van der Waals surface area contributed by atoms with Crippen LogP contribution in [0.2, 0.25) is 0 Å². The van der Waals surface area contributed by atoms with E-state index in [1.807, 2.05) is 32.0 Å². The molecule has 0 atom stereocenters. The minimum Gasteiger partial charge on any atom is -0.493 e. The lowest BCUT2D eigenvalue weighted by molar-refractivity contribution is 0.340. The highest BCUT2D eigenvalue weighted by Crippen LogP contribution is 2.43. The van der Waals surface area contributed by atoms with Crippen LogP contribution >= 0.6 is 0 Å². The van der Waals surface area contributed by atoms with Crippen molar-refractivity contribution in [3.8, 4) is 22.6 Å². The molecule has 10 heteroatoms. The number of ether oxygens (including phenoxy) is 1. The van der Waals surface area contributed by atoms with Crippen molar-refractivity contribution >= 4 is 27.6 Å². The van der Waals surface area contributed by atoms with Crippen LogP contribution in [0.3, 0.4) is 0 Å². The molecule has 2 aromatic carbocycles. The van der Waals surface area contributed by atoms with E-state index >= 15 is 0 Å². The van der Waals surface area contributed by atoms with Gasteiger partial charge in [0, 0.05) is 23.9 Å². The number of rotatable bonds is 8. The third kappa shape index (κ3) is 4.95. The zero-order valence-corrected chi connectivity index (χ0v) is 19.4. The van der Waals surface area contributed by atoms with Gasteiger partial charge in [0.25, 0.3) is 0 Å². The van der Waals surface area contributed by atoms with Crippen molar-refractivity contribution in [1.82, 2.24) is 9.97 Å². The molecule has 1 aromatic heterocycles. The lowest BCUT2D eigenvalue weighted by Gasteiger charge is -2.19. The van der Waals surface area contributed by atoms with Crippen LogP contribution in [-0.4, -0.2) is 30.2 Å². The summed E-state index contributed by atoms with van der Waals surface area (Å²) in [5, 5.41) is -0.487. The molecule has 1 saturated carbocycles. The second-order valence-electron chi connectivity index (χ2n) is 8.06. The highest BCUT2D eigenvalue weighted by Gasteiger charge is 2.38. The van der Waals surface area contributed by atoms with Gasteiger partial charge < -0.3 is 26.1 Å². The average Bonchev–Trinajstić information content (AvgIpc) is 3.59. The molecule has 33 heavy (non-hydrogen) atoms. The van der Waals surface area contributed by atoms with E-state index in [1.54, 1.807) is 18.3 Å². The van der Waals surface area contributed by atoms with E-state index in [0.717, 1.165) is 16.7 Å². The molecule has 0 spiro atoms. The summed E-state index contributed by atoms with van der Waals surface area (Å²) in [6, 6.07) is 9.02. The number of hydrogen-bond acceptors (Lipinski definition) is 9. The van der Waals surface area contributed by atoms with Crippen LogP contribution < -0.4 is 26.1 Å². The third-order valence-corrected chi connectivity index (χ3v) is 7.13. The van der Waals surface area contributed by atoms with E-state index in [4.69, 9.17) is 26.1 Å². The lowest BCUT2D eigenvalue weighted by Crippen LogP contribution is -2.15. The van der Waals surface area contributed by atoms with Crippen LogP contribution in [0.4, 0.5) is 17.5 Å². The van der Waals surface area contributed by atoms with E-state index in [-0.39, 0.29) is 17.5 Å². The second kappa shape index (κ2) is 8.78. The highest BCUT2D eigenvalue weighted by atomic mass is 32.2. The molecule has 0 bridgehead atoms. The van der Waals surface area contributed by atoms with E-state index in [0.29, 0.717) is 48.4 Å². The number of nitrogens with zero attached hydrogens (tertiary/aromatic N) is 2. The molecule has 0 unspecified atom stereocenters. The number of benzene rings is 2. The van der Waals surface area contributed by atoms with Crippen LogP contribution in [0.15, 0.2) is 36.5 Å². The fourth-order valence-electron chi connectivity index (χ4n) is 3.54. The Hall–Kier alpha value is -3.53. The van der Waals surface area contributed by atoms with Gasteiger partial charge in [-0.05, 0) is 67.6 Å². The summed E-state index contributed by atoms with van der Waals surface area (Å²) in [5.74, 6) is 1.03. The molecule has 1 heterocycles. The maximum Gasteiger partial charge on any atom is 0.312 e. The van der Waals surface area contributed by atoms with E-state index in [1.165, 1.54) is 0 Å². The van der Waals surface area contributed by atoms with Gasteiger partial charge in [-0.3, -0.25) is 0 Å². The molecule has 0 saturated heterocycles. The fourth-order valence-corrected chi connectivity index (χ4v) is 4.77. The van der Waals surface area contributed by atoms with Crippen molar-refractivity contribution in [2.24, 2.45) is 0 Å². The summed E-state index contributed by atoms with van der Waals surface area (Å²) >= 11 is 0. The molecular formula is C23H27N5O4S. The van der Waals surface area contributed by atoms with Gasteiger partial charge >= 0.3 is 10.1 Å². The molecule has 1 fully saturated rings. The Morgan fingerprint density at radius 2 is 1.82 bits per heavy atom. The molecule has 3 aromatic rings. The Bertz CT molecular complexity index is 1310. The van der Waals surface area contributed by atoms with Gasteiger partial charge in [-0.2, -0.15) is 13.4 Å². The minimum absolute atomic E-state index is 0.0832. The van der Waals surface area contributed by atoms with Crippen LogP contribution in [0, 0.1) is 6.92 Å². The number of aryl methyl sites for hydroxylation is 1. The summed E-state index contributed by atoms with van der Waals surface area (Å²) in [6.07, 6.45) is 3.08. The predicted octanol–water partition coefficient (Wildman–Crippen LogP) is 3.06. The Morgan fingerprint density at radius 1 is 1.09 bits per heavy atom. The van der Waals surface area contributed by atoms with E-state index in [2.05, 4.69) is 9.97 Å². The van der Waals surface area contributed by atoms with Crippen molar-refractivity contribution in [1.29, 1.82) is 0 Å². The largest absolute Gasteiger partial charge is 0.493 e. The summed E-state index contributed by atoms with van der Waals surface area (Å²) in [6.45, 7) is 4.13. The Labute approximate surface area is 193 Å². The van der Waals surface area contributed by atoms with Gasteiger partial charge in [0.15, 0.2) is 5.75 Å². The molecule has 1 aliphatic rings. The second-order valence-corrected chi connectivity index (χ2v) is 9.88. The van der Waals surface area contributed by atoms with Gasteiger partial charge in [0.2, 0.25) is 5.95 Å². The van der Waals surface area contributed by atoms with Gasteiger partial charge in [-0.15, -0.1) is 0 Å². The summed E-state index contributed by atoms with van der Waals surface area (Å²) < 4.78 is 37.1. The molecule has 4 rings (SSSR count). The smallest absolute Gasteiger partial charge is 0.312 e. The van der Waals surface area contributed by atoms with Gasteiger partial charge in [0.05, 0.1) is 17.4 Å². The fraction of sp³-hybridized carbons (Fsp3) is 0.304. The zero-order valence-electron chi connectivity index (χ0n) is 18.5. The predicted molar refractivity (Wildman–Crippen MR) is 128 cm³/mol. The minimum atomic E-state index is -3.77. The lowest BCUT2D eigenvalue weighted by atomic mass is 9.97. The highest BCUT2D eigenvalue weighted by molar-refractivity contribution is 7.88. The molecular weight excluding hydrogens is 442 g/mol. The average molecular weight is 470 g/mol. The van der Waals surface area contributed by atoms with Crippen LogP contribution in [0.5, 0.6) is 11.5 Å². The Kier molecular flexibility index (Phi) is 6.03. The van der Waals surface area contributed by atoms with Crippen molar-refractivity contribution in [2.45, 2.75) is 38.4 Å². The van der Waals surface area contributed by atoms with Crippen molar-refractivity contribution < 1.29 is 17.3 Å². The topological polar surface area (TPSA) is 156 Å². The van der Waals surface area contributed by atoms with Crippen molar-refractivity contribution in [3.05, 3.63) is 53.2 Å². The SMILES string of the molecule is CCOc1cc(Cc2cnc(N)nc2N)cc(OS(=O)(=O)C2CC2)c1-c1ccc(N)c(C)c1. The number of anilines is 3. The molecule has 9 nitrogen and oxygen atoms in total. The Morgan fingerprint density at radius 3 is 2.45 bits per heavy atom. The van der Waals surface area contributed by atoms with E-state index < -0.39 is 15.4 Å². The summed E-state index contributed by atoms with van der Waals surface area (Å²) in [5.41, 5.74) is 21.8. The first-order valence-corrected chi connectivity index (χ1v) is 12.1. The van der Waals surface area contributed by atoms with Crippen LogP contribution in [0.25, 0.3) is 11.1 Å². The maximum atomic E-state index is 12.8. The first kappa shape index (κ1) is 22.7. The van der Waals surface area contributed by atoms with Gasteiger partial charge in [0.1, 0.15) is 11.6 Å². The standard InChI is InChI=1S/C23H27N5O4S/c1-3-31-19-10-14(9-16-12-27-23(26)28-22(16)25)11-20(32-33(29,30)17-5-6-17)21(19)15-4-7-18(24)13(2)8-15/h4,7-8,10-12,17H,3,5-6,9,24H2,1-2H3,(H4,25,26,27,28). The first-order chi connectivity index (χ1) is 15.7. The molecule has 174 valence electrons. The third-order valence-electron chi connectivity index (χ3n) is 5.43. The molecule has 0 aliphatic heterocycles. The summed E-state index contributed by atoms with van der Waals surface area (Å²) in [7, 11) is -3.77. The van der Waals surface area contributed by atoms with Crippen molar-refractivity contribution in [2.75, 3.05) is 23.8 Å². The van der Waals surface area contributed by atoms with E-state index in [9.17, 15) is 8.42 Å². The Balaban J connectivity index is 1.86. The molecule has 0 amide bonds. The van der Waals surface area contributed by atoms with Crippen LogP contribution in [-0.2, 0) is 16.5 Å². The zero-order chi connectivity index (χ0) is 23.8. The monoisotopic (exact) mass is 469 g/mol. The van der Waals surface area contributed by atoms with Crippen LogP contribution in [0.1, 0.15) is 36.5 Å². The number of nitrogen functional groups attached to an aromatic ring is 3. The number of aromatic nitrogens is 2.